The highest BCUT2D eigenvalue weighted by Crippen LogP contribution is 2.57. The average molecular weight is 439 g/mol. The van der Waals surface area contributed by atoms with Crippen LogP contribution in [0, 0.1) is 11.8 Å². The van der Waals surface area contributed by atoms with Crippen LogP contribution in [0.25, 0.3) is 0 Å². The van der Waals surface area contributed by atoms with Gasteiger partial charge in [-0.25, -0.2) is 0 Å². The summed E-state index contributed by atoms with van der Waals surface area (Å²) in [4.78, 5) is 0. The van der Waals surface area contributed by atoms with Crippen molar-refractivity contribution in [2.75, 3.05) is 13.2 Å². The summed E-state index contributed by atoms with van der Waals surface area (Å²) in [5, 5.41) is 0. The van der Waals surface area contributed by atoms with Crippen molar-refractivity contribution >= 4 is 0 Å². The molecule has 2 nitrogen and oxygen atoms in total. The van der Waals surface area contributed by atoms with Crippen LogP contribution in [0.5, 0.6) is 11.5 Å². The number of ether oxygens (including phenoxy) is 2. The molecule has 33 heavy (non-hydrogen) atoms. The molecule has 3 aromatic rings. The van der Waals surface area contributed by atoms with Crippen molar-refractivity contribution in [2.24, 2.45) is 11.8 Å². The van der Waals surface area contributed by atoms with Crippen LogP contribution < -0.4 is 9.47 Å². The Kier molecular flexibility index (Phi) is 5.40. The highest BCUT2D eigenvalue weighted by molar-refractivity contribution is 5.47. The van der Waals surface area contributed by atoms with Crippen molar-refractivity contribution in [3.63, 3.8) is 0 Å². The standard InChI is InChI=1S/C31H34O2/c1-20(2)15-22-7-3-5-9-25(22)27-16-23-8-4-6-10-26(23)28-17-24(18-29(27)28)21-11-12-30-31(19-21)33-14-13-32-30/h3-12,19-20,24,27-29H,13-18H2,1-2H3. The quantitative estimate of drug-likeness (QED) is 0.426. The van der Waals surface area contributed by atoms with Gasteiger partial charge in [0, 0.05) is 0 Å². The summed E-state index contributed by atoms with van der Waals surface area (Å²) < 4.78 is 11.7. The van der Waals surface area contributed by atoms with E-state index in [-0.39, 0.29) is 0 Å². The van der Waals surface area contributed by atoms with Crippen molar-refractivity contribution in [3.8, 4) is 11.5 Å². The van der Waals surface area contributed by atoms with Crippen molar-refractivity contribution in [2.45, 2.75) is 57.3 Å². The smallest absolute Gasteiger partial charge is 0.161 e. The van der Waals surface area contributed by atoms with Gasteiger partial charge in [0.1, 0.15) is 13.2 Å². The first-order valence-corrected chi connectivity index (χ1v) is 12.7. The van der Waals surface area contributed by atoms with Crippen molar-refractivity contribution in [1.29, 1.82) is 0 Å². The lowest BCUT2D eigenvalue weighted by Gasteiger charge is -2.37. The van der Waals surface area contributed by atoms with Gasteiger partial charge in [0.15, 0.2) is 11.5 Å². The first-order valence-electron chi connectivity index (χ1n) is 12.7. The van der Waals surface area contributed by atoms with E-state index < -0.39 is 0 Å². The molecule has 2 aliphatic carbocycles. The fraction of sp³-hybridized carbons (Fsp3) is 0.419. The Hall–Kier alpha value is -2.74. The summed E-state index contributed by atoms with van der Waals surface area (Å²) in [5.74, 6) is 4.98. The molecule has 0 spiro atoms. The van der Waals surface area contributed by atoms with E-state index in [0.717, 1.165) is 17.9 Å². The summed E-state index contributed by atoms with van der Waals surface area (Å²) in [7, 11) is 0. The molecule has 0 amide bonds. The normalized spacial score (nSPS) is 25.5. The lowest BCUT2D eigenvalue weighted by Crippen LogP contribution is -2.25. The molecule has 0 radical (unpaired) electrons. The van der Waals surface area contributed by atoms with E-state index in [4.69, 9.17) is 9.47 Å². The zero-order chi connectivity index (χ0) is 22.4. The third-order valence-corrected chi connectivity index (χ3v) is 8.14. The molecule has 170 valence electrons. The van der Waals surface area contributed by atoms with Crippen LogP contribution in [0.3, 0.4) is 0 Å². The maximum atomic E-state index is 5.92. The van der Waals surface area contributed by atoms with Gasteiger partial charge in [0.2, 0.25) is 0 Å². The Morgan fingerprint density at radius 1 is 0.788 bits per heavy atom. The van der Waals surface area contributed by atoms with E-state index in [1.54, 1.807) is 22.3 Å². The summed E-state index contributed by atoms with van der Waals surface area (Å²) in [6.07, 6.45) is 4.81. The first kappa shape index (κ1) is 20.8. The van der Waals surface area contributed by atoms with E-state index in [2.05, 4.69) is 80.6 Å². The molecule has 1 fully saturated rings. The van der Waals surface area contributed by atoms with Crippen LogP contribution in [0.4, 0.5) is 0 Å². The van der Waals surface area contributed by atoms with Crippen LogP contribution >= 0.6 is 0 Å². The lowest BCUT2D eigenvalue weighted by atomic mass is 9.67. The minimum absolute atomic E-state index is 0.571. The van der Waals surface area contributed by atoms with E-state index in [1.165, 1.54) is 24.8 Å². The number of rotatable bonds is 4. The summed E-state index contributed by atoms with van der Waals surface area (Å²) in [6.45, 7) is 5.97. The summed E-state index contributed by atoms with van der Waals surface area (Å²) >= 11 is 0. The molecular weight excluding hydrogens is 404 g/mol. The summed E-state index contributed by atoms with van der Waals surface area (Å²) in [5.41, 5.74) is 7.73. The van der Waals surface area contributed by atoms with E-state index in [0.29, 0.717) is 42.8 Å². The average Bonchev–Trinajstić information content (AvgIpc) is 3.29. The first-order chi connectivity index (χ1) is 16.2. The third-order valence-electron chi connectivity index (χ3n) is 8.14. The molecular formula is C31H34O2. The van der Waals surface area contributed by atoms with Gasteiger partial charge in [0.05, 0.1) is 0 Å². The monoisotopic (exact) mass is 438 g/mol. The van der Waals surface area contributed by atoms with E-state index in [9.17, 15) is 0 Å². The largest absolute Gasteiger partial charge is 0.486 e. The van der Waals surface area contributed by atoms with Crippen LogP contribution in [-0.4, -0.2) is 13.2 Å². The second-order valence-electron chi connectivity index (χ2n) is 10.6. The minimum Gasteiger partial charge on any atom is -0.486 e. The molecule has 1 heterocycles. The van der Waals surface area contributed by atoms with Crippen LogP contribution in [0.2, 0.25) is 0 Å². The molecule has 0 N–H and O–H groups in total. The molecule has 0 bridgehead atoms. The SMILES string of the molecule is CC(C)Cc1ccccc1C1Cc2ccccc2C2CC(c3ccc4c(c3)OCCO4)CC12. The number of hydrogen-bond donors (Lipinski definition) is 0. The molecule has 0 saturated heterocycles. The molecule has 3 aliphatic rings. The number of hydrogen-bond acceptors (Lipinski definition) is 2. The maximum absolute atomic E-state index is 5.92. The molecule has 6 rings (SSSR count). The fourth-order valence-electron chi connectivity index (χ4n) is 6.79. The second kappa shape index (κ2) is 8.56. The Morgan fingerprint density at radius 3 is 2.39 bits per heavy atom. The Balaban J connectivity index is 1.38. The highest BCUT2D eigenvalue weighted by atomic mass is 16.6. The zero-order valence-electron chi connectivity index (χ0n) is 19.8. The maximum Gasteiger partial charge on any atom is 0.161 e. The number of benzene rings is 3. The van der Waals surface area contributed by atoms with Gasteiger partial charge in [-0.05, 0) is 95.2 Å². The predicted octanol–water partition coefficient (Wildman–Crippen LogP) is 7.27. The van der Waals surface area contributed by atoms with Gasteiger partial charge >= 0.3 is 0 Å². The van der Waals surface area contributed by atoms with Crippen molar-refractivity contribution in [3.05, 3.63) is 94.5 Å². The molecule has 0 aromatic heterocycles. The van der Waals surface area contributed by atoms with E-state index in [1.807, 2.05) is 0 Å². The van der Waals surface area contributed by atoms with Gasteiger partial charge in [-0.2, -0.15) is 0 Å². The zero-order valence-corrected chi connectivity index (χ0v) is 19.8. The molecule has 1 aliphatic heterocycles. The number of fused-ring (bicyclic) bond motifs is 4. The van der Waals surface area contributed by atoms with Gasteiger partial charge in [-0.3, -0.25) is 0 Å². The highest BCUT2D eigenvalue weighted by Gasteiger charge is 2.44. The Morgan fingerprint density at radius 2 is 1.55 bits per heavy atom. The van der Waals surface area contributed by atoms with Crippen LogP contribution in [0.15, 0.2) is 66.7 Å². The van der Waals surface area contributed by atoms with Gasteiger partial charge in [0.25, 0.3) is 0 Å². The second-order valence-corrected chi connectivity index (χ2v) is 10.6. The van der Waals surface area contributed by atoms with Gasteiger partial charge in [-0.1, -0.05) is 68.4 Å². The van der Waals surface area contributed by atoms with E-state index >= 15 is 0 Å². The van der Waals surface area contributed by atoms with Crippen molar-refractivity contribution in [1.82, 2.24) is 0 Å². The third kappa shape index (κ3) is 3.84. The van der Waals surface area contributed by atoms with Gasteiger partial charge < -0.3 is 9.47 Å². The lowest BCUT2D eigenvalue weighted by molar-refractivity contribution is 0.171. The van der Waals surface area contributed by atoms with Crippen molar-refractivity contribution < 1.29 is 9.47 Å². The predicted molar refractivity (Wildman–Crippen MR) is 134 cm³/mol. The molecule has 4 unspecified atom stereocenters. The minimum atomic E-state index is 0.571. The molecule has 4 atom stereocenters. The van der Waals surface area contributed by atoms with Crippen LogP contribution in [0.1, 0.15) is 72.3 Å². The summed E-state index contributed by atoms with van der Waals surface area (Å²) in [6, 6.07) is 25.2. The van der Waals surface area contributed by atoms with Gasteiger partial charge in [-0.15, -0.1) is 0 Å². The molecule has 2 heteroatoms. The van der Waals surface area contributed by atoms with Crippen LogP contribution in [-0.2, 0) is 12.8 Å². The topological polar surface area (TPSA) is 18.5 Å². The Labute approximate surface area is 197 Å². The Bertz CT molecular complexity index is 1150. The molecule has 3 aromatic carbocycles. The fourth-order valence-corrected chi connectivity index (χ4v) is 6.79. The molecule has 1 saturated carbocycles.